The van der Waals surface area contributed by atoms with E-state index in [4.69, 9.17) is 0 Å². The molecule has 7 atom stereocenters. The number of halogens is 1. The zero-order valence-electron chi connectivity index (χ0n) is 24.3. The number of allylic oxidation sites excluding steroid dienone is 4. The Kier molecular flexibility index (Phi) is 6.49. The van der Waals surface area contributed by atoms with Crippen molar-refractivity contribution in [3.05, 3.63) is 23.3 Å². The summed E-state index contributed by atoms with van der Waals surface area (Å²) in [4.78, 5) is 27.7. The third kappa shape index (κ3) is 3.63. The molecule has 1 N–H and O–H groups in total. The van der Waals surface area contributed by atoms with E-state index in [2.05, 4.69) is 45.4 Å². The lowest BCUT2D eigenvalue weighted by Crippen LogP contribution is -2.68. The van der Waals surface area contributed by atoms with Gasteiger partial charge in [0.05, 0.1) is 12.2 Å². The van der Waals surface area contributed by atoms with Gasteiger partial charge in [0.1, 0.15) is 6.07 Å². The first-order valence-electron chi connectivity index (χ1n) is 14.5. The SMILES string of the molecule is CC1(C)CC[C@]2(NSCCF)CC[C@]3(C)C(C(=O)C=C4[C@@]5(C)C=C(C#N)C(=O)C(C)(C)[C@@H]5CC[C@]43C)C2C1. The highest BCUT2D eigenvalue weighted by Gasteiger charge is 2.69. The molecule has 5 aliphatic rings. The summed E-state index contributed by atoms with van der Waals surface area (Å²) >= 11 is 1.49. The maximum Gasteiger partial charge on any atom is 0.178 e. The van der Waals surface area contributed by atoms with Crippen LogP contribution in [0.25, 0.3) is 0 Å². The lowest BCUT2D eigenvalue weighted by molar-refractivity contribution is -0.159. The van der Waals surface area contributed by atoms with E-state index in [9.17, 15) is 19.2 Å². The molecule has 0 saturated heterocycles. The Labute approximate surface area is 232 Å². The summed E-state index contributed by atoms with van der Waals surface area (Å²) < 4.78 is 16.8. The van der Waals surface area contributed by atoms with Gasteiger partial charge in [0.15, 0.2) is 11.6 Å². The standard InChI is InChI=1S/C32H45FN2O2S/c1-27(2)10-12-32(35-38-15-14-33)13-11-31(7)25(21(32)18-27)22(36)16-24-29(5)17-20(19-34)26(37)28(3,4)23(29)8-9-30(24,31)6/h16-17,21,23,25,35H,8-15,18H2,1-7H3/t21?,23-,25?,29-,30+,31+,32-/m0/s1. The predicted molar refractivity (Wildman–Crippen MR) is 151 cm³/mol. The van der Waals surface area contributed by atoms with Gasteiger partial charge >= 0.3 is 0 Å². The highest BCUT2D eigenvalue weighted by atomic mass is 32.2. The molecule has 6 heteroatoms. The van der Waals surface area contributed by atoms with Crippen LogP contribution in [0.1, 0.15) is 93.4 Å². The molecule has 0 aromatic carbocycles. The van der Waals surface area contributed by atoms with Crippen LogP contribution >= 0.6 is 11.9 Å². The number of Topliss-reactive ketones (excluding diaryl/α,β-unsaturated/α-hetero) is 1. The number of fused-ring (bicyclic) bond motifs is 7. The molecule has 0 heterocycles. The number of carbonyl (C=O) groups is 2. The summed E-state index contributed by atoms with van der Waals surface area (Å²) in [5.74, 6) is 0.730. The number of hydrogen-bond donors (Lipinski definition) is 1. The van der Waals surface area contributed by atoms with Crippen LogP contribution in [0.15, 0.2) is 23.3 Å². The molecule has 3 fully saturated rings. The third-order valence-corrected chi connectivity index (χ3v) is 13.2. The summed E-state index contributed by atoms with van der Waals surface area (Å²) in [6.07, 6.45) is 10.8. The van der Waals surface area contributed by atoms with Crippen LogP contribution in [0.4, 0.5) is 4.39 Å². The zero-order valence-corrected chi connectivity index (χ0v) is 25.1. The number of nitrogens with zero attached hydrogens (tertiary/aromatic N) is 1. The molecular weight excluding hydrogens is 495 g/mol. The minimum absolute atomic E-state index is 0.0573. The third-order valence-electron chi connectivity index (χ3n) is 12.3. The second kappa shape index (κ2) is 8.77. The molecule has 4 nitrogen and oxygen atoms in total. The Morgan fingerprint density at radius 2 is 1.74 bits per heavy atom. The fraction of sp³-hybridized carbons (Fsp3) is 0.781. The molecule has 0 aromatic rings. The summed E-state index contributed by atoms with van der Waals surface area (Å²) in [5.41, 5.74) is -0.187. The van der Waals surface area contributed by atoms with E-state index in [0.717, 1.165) is 50.5 Å². The van der Waals surface area contributed by atoms with Crippen molar-refractivity contribution in [2.24, 2.45) is 44.8 Å². The predicted octanol–water partition coefficient (Wildman–Crippen LogP) is 7.17. The van der Waals surface area contributed by atoms with Crippen molar-refractivity contribution in [3.8, 4) is 6.07 Å². The first-order valence-corrected chi connectivity index (χ1v) is 15.5. The molecule has 208 valence electrons. The average molecular weight is 541 g/mol. The summed E-state index contributed by atoms with van der Waals surface area (Å²) in [5, 5.41) is 9.89. The molecule has 2 unspecified atom stereocenters. The highest BCUT2D eigenvalue weighted by Crippen LogP contribution is 2.73. The molecule has 0 bridgehead atoms. The van der Waals surface area contributed by atoms with Gasteiger partial charge < -0.3 is 0 Å². The van der Waals surface area contributed by atoms with Crippen LogP contribution in [-0.4, -0.2) is 29.5 Å². The topological polar surface area (TPSA) is 70.0 Å². The average Bonchev–Trinajstić information content (AvgIpc) is 2.83. The first kappa shape index (κ1) is 28.1. The monoisotopic (exact) mass is 540 g/mol. The van der Waals surface area contributed by atoms with Gasteiger partial charge in [0.2, 0.25) is 0 Å². The van der Waals surface area contributed by atoms with Crippen molar-refractivity contribution in [1.82, 2.24) is 4.72 Å². The van der Waals surface area contributed by atoms with Crippen LogP contribution in [0.5, 0.6) is 0 Å². The molecule has 0 aliphatic heterocycles. The van der Waals surface area contributed by atoms with Crippen LogP contribution in [0, 0.1) is 56.2 Å². The maximum absolute atomic E-state index is 14.4. The molecule has 0 amide bonds. The van der Waals surface area contributed by atoms with Crippen molar-refractivity contribution >= 4 is 23.5 Å². The summed E-state index contributed by atoms with van der Waals surface area (Å²) in [6.45, 7) is 15.2. The second-order valence-electron chi connectivity index (χ2n) is 15.1. The Morgan fingerprint density at radius 3 is 2.39 bits per heavy atom. The molecule has 0 radical (unpaired) electrons. The van der Waals surface area contributed by atoms with E-state index in [-0.39, 0.29) is 63.4 Å². The van der Waals surface area contributed by atoms with Gasteiger partial charge in [-0.25, -0.2) is 0 Å². The quantitative estimate of drug-likeness (QED) is 0.302. The van der Waals surface area contributed by atoms with Crippen molar-refractivity contribution in [2.45, 2.75) is 99.0 Å². The normalized spacial score (nSPS) is 45.0. The molecule has 5 rings (SSSR count). The van der Waals surface area contributed by atoms with Gasteiger partial charge in [0, 0.05) is 28.0 Å². The molecule has 38 heavy (non-hydrogen) atoms. The minimum Gasteiger partial charge on any atom is -0.295 e. The van der Waals surface area contributed by atoms with Gasteiger partial charge in [-0.3, -0.25) is 18.7 Å². The molecule has 3 saturated carbocycles. The van der Waals surface area contributed by atoms with Crippen LogP contribution in [-0.2, 0) is 9.59 Å². The smallest absolute Gasteiger partial charge is 0.178 e. The zero-order chi connectivity index (χ0) is 27.9. The Hall–Kier alpha value is -1.45. The van der Waals surface area contributed by atoms with Gasteiger partial charge in [0.25, 0.3) is 0 Å². The number of nitriles is 1. The number of hydrogen-bond acceptors (Lipinski definition) is 5. The molecular formula is C32H45FN2O2S. The number of alkyl halides is 1. The molecule has 0 spiro atoms. The van der Waals surface area contributed by atoms with Crippen molar-refractivity contribution in [3.63, 3.8) is 0 Å². The van der Waals surface area contributed by atoms with Crippen molar-refractivity contribution in [2.75, 3.05) is 12.4 Å². The number of carbonyl (C=O) groups excluding carboxylic acids is 2. The highest BCUT2D eigenvalue weighted by molar-refractivity contribution is 7.97. The summed E-state index contributed by atoms with van der Waals surface area (Å²) in [7, 11) is 0. The summed E-state index contributed by atoms with van der Waals surface area (Å²) in [6, 6.07) is 2.19. The molecule has 0 aromatic heterocycles. The largest absolute Gasteiger partial charge is 0.295 e. The van der Waals surface area contributed by atoms with E-state index in [0.29, 0.717) is 5.75 Å². The van der Waals surface area contributed by atoms with Gasteiger partial charge in [-0.15, -0.1) is 0 Å². The Bertz CT molecular complexity index is 1170. The lowest BCUT2D eigenvalue weighted by Gasteiger charge is -2.69. The Morgan fingerprint density at radius 1 is 1.05 bits per heavy atom. The fourth-order valence-corrected chi connectivity index (χ4v) is 10.9. The van der Waals surface area contributed by atoms with Crippen molar-refractivity contribution < 1.29 is 14.0 Å². The van der Waals surface area contributed by atoms with Crippen LogP contribution in [0.2, 0.25) is 0 Å². The van der Waals surface area contributed by atoms with Crippen molar-refractivity contribution in [1.29, 1.82) is 5.26 Å². The number of rotatable bonds is 4. The van der Waals surface area contributed by atoms with Crippen LogP contribution < -0.4 is 4.72 Å². The Balaban J connectivity index is 1.65. The van der Waals surface area contributed by atoms with E-state index < -0.39 is 10.8 Å². The number of ketones is 2. The van der Waals surface area contributed by atoms with Gasteiger partial charge in [-0.1, -0.05) is 72.1 Å². The van der Waals surface area contributed by atoms with E-state index >= 15 is 0 Å². The minimum atomic E-state index is -0.649. The van der Waals surface area contributed by atoms with E-state index in [1.807, 2.05) is 26.0 Å². The van der Waals surface area contributed by atoms with E-state index in [1.165, 1.54) is 11.9 Å². The van der Waals surface area contributed by atoms with Gasteiger partial charge in [-0.05, 0) is 79.1 Å². The number of nitrogens with one attached hydrogen (secondary N) is 1. The van der Waals surface area contributed by atoms with Crippen LogP contribution in [0.3, 0.4) is 0 Å². The second-order valence-corrected chi connectivity index (χ2v) is 16.0. The lowest BCUT2D eigenvalue weighted by atomic mass is 9.35. The maximum atomic E-state index is 14.4. The molecule has 5 aliphatic carbocycles. The fourth-order valence-electron chi connectivity index (χ4n) is 10.0. The first-order chi connectivity index (χ1) is 17.6. The van der Waals surface area contributed by atoms with E-state index in [1.54, 1.807) is 0 Å². The van der Waals surface area contributed by atoms with Gasteiger partial charge in [-0.2, -0.15) is 5.26 Å².